The van der Waals surface area contributed by atoms with Crippen molar-refractivity contribution in [1.29, 1.82) is 0 Å². The minimum atomic E-state index is -0.495. The quantitative estimate of drug-likeness (QED) is 0.451. The SMILES string of the molecule is COCC1(C(=O)CCCCCC(C)C)C=CCC=C1C. The van der Waals surface area contributed by atoms with Crippen molar-refractivity contribution in [2.45, 2.75) is 59.3 Å². The third-order valence-corrected chi connectivity index (χ3v) is 4.22. The molecule has 0 fully saturated rings. The molecule has 0 aliphatic heterocycles. The molecule has 0 radical (unpaired) electrons. The average Bonchev–Trinajstić information content (AvgIpc) is 2.40. The molecule has 1 unspecified atom stereocenters. The van der Waals surface area contributed by atoms with E-state index in [9.17, 15) is 4.79 Å². The van der Waals surface area contributed by atoms with Crippen molar-refractivity contribution in [2.75, 3.05) is 13.7 Å². The van der Waals surface area contributed by atoms with Crippen LogP contribution in [0.5, 0.6) is 0 Å². The molecule has 114 valence electrons. The standard InChI is InChI=1S/C18H30O2/c1-15(2)10-6-5-7-12-17(19)18(14-20-4)13-9-8-11-16(18)3/h9,11,13,15H,5-8,10,12,14H2,1-4H3. The lowest BCUT2D eigenvalue weighted by atomic mass is 9.73. The van der Waals surface area contributed by atoms with Gasteiger partial charge in [0.15, 0.2) is 0 Å². The van der Waals surface area contributed by atoms with E-state index in [2.05, 4.69) is 39.0 Å². The highest BCUT2D eigenvalue weighted by Gasteiger charge is 2.37. The maximum Gasteiger partial charge on any atom is 0.149 e. The second kappa shape index (κ2) is 8.41. The molecule has 2 heteroatoms. The molecule has 0 aromatic heterocycles. The monoisotopic (exact) mass is 278 g/mol. The Morgan fingerprint density at radius 3 is 2.70 bits per heavy atom. The van der Waals surface area contributed by atoms with Crippen LogP contribution in [0.2, 0.25) is 0 Å². The first-order valence-corrected chi connectivity index (χ1v) is 7.90. The molecular weight excluding hydrogens is 248 g/mol. The Morgan fingerprint density at radius 1 is 1.35 bits per heavy atom. The van der Waals surface area contributed by atoms with E-state index in [-0.39, 0.29) is 0 Å². The fourth-order valence-electron chi connectivity index (χ4n) is 2.85. The summed E-state index contributed by atoms with van der Waals surface area (Å²) in [6, 6.07) is 0. The normalized spacial score (nSPS) is 22.1. The van der Waals surface area contributed by atoms with Crippen LogP contribution in [0.1, 0.15) is 59.3 Å². The zero-order chi connectivity index (χ0) is 15.0. The lowest BCUT2D eigenvalue weighted by Crippen LogP contribution is -2.36. The minimum Gasteiger partial charge on any atom is -0.383 e. The van der Waals surface area contributed by atoms with Crippen molar-refractivity contribution in [1.82, 2.24) is 0 Å². The summed E-state index contributed by atoms with van der Waals surface area (Å²) in [5, 5.41) is 0. The topological polar surface area (TPSA) is 26.3 Å². The van der Waals surface area contributed by atoms with Crippen molar-refractivity contribution in [2.24, 2.45) is 11.3 Å². The van der Waals surface area contributed by atoms with Gasteiger partial charge in [0, 0.05) is 13.5 Å². The van der Waals surface area contributed by atoms with Crippen LogP contribution < -0.4 is 0 Å². The van der Waals surface area contributed by atoms with E-state index < -0.39 is 5.41 Å². The number of ether oxygens (including phenoxy) is 1. The molecule has 0 amide bonds. The van der Waals surface area contributed by atoms with Crippen molar-refractivity contribution in [3.05, 3.63) is 23.8 Å². The van der Waals surface area contributed by atoms with Gasteiger partial charge in [-0.15, -0.1) is 0 Å². The Kier molecular flexibility index (Phi) is 7.22. The van der Waals surface area contributed by atoms with E-state index in [0.29, 0.717) is 18.8 Å². The fraction of sp³-hybridized carbons (Fsp3) is 0.722. The molecule has 0 aromatic carbocycles. The van der Waals surface area contributed by atoms with Crippen LogP contribution in [0.15, 0.2) is 23.8 Å². The van der Waals surface area contributed by atoms with Crippen molar-refractivity contribution < 1.29 is 9.53 Å². The average molecular weight is 278 g/mol. The summed E-state index contributed by atoms with van der Waals surface area (Å²) in [6.45, 7) is 7.02. The number of rotatable bonds is 9. The highest BCUT2D eigenvalue weighted by molar-refractivity contribution is 5.90. The van der Waals surface area contributed by atoms with Gasteiger partial charge in [0.25, 0.3) is 0 Å². The van der Waals surface area contributed by atoms with Gasteiger partial charge in [-0.2, -0.15) is 0 Å². The molecule has 1 atom stereocenters. The number of carbonyl (C=O) groups excluding carboxylic acids is 1. The first-order chi connectivity index (χ1) is 9.53. The molecule has 0 bridgehead atoms. The van der Waals surface area contributed by atoms with Gasteiger partial charge in [0.1, 0.15) is 5.78 Å². The molecule has 0 heterocycles. The number of unbranched alkanes of at least 4 members (excludes halogenated alkanes) is 2. The van der Waals surface area contributed by atoms with Crippen LogP contribution >= 0.6 is 0 Å². The van der Waals surface area contributed by atoms with E-state index in [1.54, 1.807) is 7.11 Å². The maximum absolute atomic E-state index is 12.6. The van der Waals surface area contributed by atoms with Gasteiger partial charge in [-0.1, -0.05) is 56.9 Å². The number of carbonyl (C=O) groups is 1. The highest BCUT2D eigenvalue weighted by atomic mass is 16.5. The Labute approximate surface area is 124 Å². The van der Waals surface area contributed by atoms with Gasteiger partial charge in [0.2, 0.25) is 0 Å². The van der Waals surface area contributed by atoms with Crippen LogP contribution in [-0.4, -0.2) is 19.5 Å². The Bertz CT molecular complexity index is 366. The Balaban J connectivity index is 2.51. The summed E-state index contributed by atoms with van der Waals surface area (Å²) in [6.07, 6.45) is 12.5. The van der Waals surface area contributed by atoms with Crippen molar-refractivity contribution >= 4 is 5.78 Å². The molecule has 0 aromatic rings. The first-order valence-electron chi connectivity index (χ1n) is 7.90. The summed E-state index contributed by atoms with van der Waals surface area (Å²) in [5.74, 6) is 1.07. The van der Waals surface area contributed by atoms with Gasteiger partial charge in [-0.25, -0.2) is 0 Å². The summed E-state index contributed by atoms with van der Waals surface area (Å²) in [7, 11) is 1.67. The molecule has 0 saturated carbocycles. The van der Waals surface area contributed by atoms with E-state index in [4.69, 9.17) is 4.74 Å². The molecule has 0 saturated heterocycles. The van der Waals surface area contributed by atoms with Crippen LogP contribution in [0, 0.1) is 11.3 Å². The maximum atomic E-state index is 12.6. The van der Waals surface area contributed by atoms with Crippen molar-refractivity contribution in [3.63, 3.8) is 0 Å². The molecule has 1 aliphatic rings. The number of Topliss-reactive ketones (excluding diaryl/α,β-unsaturated/α-hetero) is 1. The number of hydrogen-bond acceptors (Lipinski definition) is 2. The molecule has 0 N–H and O–H groups in total. The third-order valence-electron chi connectivity index (χ3n) is 4.22. The van der Waals surface area contributed by atoms with Gasteiger partial charge in [0.05, 0.1) is 12.0 Å². The molecule has 1 rings (SSSR count). The largest absolute Gasteiger partial charge is 0.383 e. The molecular formula is C18H30O2. The Hall–Kier alpha value is -0.890. The zero-order valence-corrected chi connectivity index (χ0v) is 13.6. The lowest BCUT2D eigenvalue weighted by Gasteiger charge is -2.32. The van der Waals surface area contributed by atoms with E-state index in [1.807, 2.05) is 0 Å². The van der Waals surface area contributed by atoms with Crippen LogP contribution in [0.4, 0.5) is 0 Å². The highest BCUT2D eigenvalue weighted by Crippen LogP contribution is 2.35. The van der Waals surface area contributed by atoms with Crippen molar-refractivity contribution in [3.8, 4) is 0 Å². The second-order valence-corrected chi connectivity index (χ2v) is 6.35. The minimum absolute atomic E-state index is 0.314. The number of allylic oxidation sites excluding steroid dienone is 2. The summed E-state index contributed by atoms with van der Waals surface area (Å²) in [4.78, 5) is 12.6. The van der Waals surface area contributed by atoms with Crippen LogP contribution in [0.25, 0.3) is 0 Å². The fourth-order valence-corrected chi connectivity index (χ4v) is 2.85. The van der Waals surface area contributed by atoms with Gasteiger partial charge < -0.3 is 4.74 Å². The van der Waals surface area contributed by atoms with Crippen LogP contribution in [-0.2, 0) is 9.53 Å². The molecule has 2 nitrogen and oxygen atoms in total. The predicted molar refractivity (Wildman–Crippen MR) is 84.8 cm³/mol. The summed E-state index contributed by atoms with van der Waals surface area (Å²) < 4.78 is 5.32. The van der Waals surface area contributed by atoms with E-state index >= 15 is 0 Å². The molecule has 0 spiro atoms. The van der Waals surface area contributed by atoms with E-state index in [0.717, 1.165) is 30.8 Å². The molecule has 20 heavy (non-hydrogen) atoms. The Morgan fingerprint density at radius 2 is 2.10 bits per heavy atom. The van der Waals surface area contributed by atoms with Gasteiger partial charge in [-0.3, -0.25) is 4.79 Å². The van der Waals surface area contributed by atoms with E-state index in [1.165, 1.54) is 12.8 Å². The zero-order valence-electron chi connectivity index (χ0n) is 13.6. The predicted octanol–water partition coefficient (Wildman–Crippen LogP) is 4.70. The summed E-state index contributed by atoms with van der Waals surface area (Å²) >= 11 is 0. The lowest BCUT2D eigenvalue weighted by molar-refractivity contribution is -0.127. The number of hydrogen-bond donors (Lipinski definition) is 0. The second-order valence-electron chi connectivity index (χ2n) is 6.35. The smallest absolute Gasteiger partial charge is 0.149 e. The summed E-state index contributed by atoms with van der Waals surface area (Å²) in [5.41, 5.74) is 0.652. The van der Waals surface area contributed by atoms with Gasteiger partial charge in [-0.05, 0) is 25.7 Å². The molecule has 1 aliphatic carbocycles. The number of methoxy groups -OCH3 is 1. The van der Waals surface area contributed by atoms with Crippen LogP contribution in [0.3, 0.4) is 0 Å². The third kappa shape index (κ3) is 4.59. The number of ketones is 1. The first kappa shape index (κ1) is 17.2. The van der Waals surface area contributed by atoms with Gasteiger partial charge >= 0.3 is 0 Å².